The summed E-state index contributed by atoms with van der Waals surface area (Å²) < 4.78 is 16.5. The largest absolute Gasteiger partial charge is 0.336 e. The van der Waals surface area contributed by atoms with Gasteiger partial charge in [-0.2, -0.15) is 0 Å². The number of halogens is 1. The number of rotatable bonds is 5. The third-order valence-corrected chi connectivity index (χ3v) is 5.94. The summed E-state index contributed by atoms with van der Waals surface area (Å²) in [5.41, 5.74) is 5.96. The van der Waals surface area contributed by atoms with Gasteiger partial charge in [-0.1, -0.05) is 48.5 Å². The predicted octanol–water partition coefficient (Wildman–Crippen LogP) is 5.13. The van der Waals surface area contributed by atoms with Crippen LogP contribution < -0.4 is 0 Å². The summed E-state index contributed by atoms with van der Waals surface area (Å²) >= 11 is 0. The van der Waals surface area contributed by atoms with E-state index >= 15 is 0 Å². The molecule has 4 heteroatoms. The Morgan fingerprint density at radius 2 is 1.72 bits per heavy atom. The molecule has 1 aliphatic rings. The highest BCUT2D eigenvalue weighted by molar-refractivity contribution is 5.95. The number of carbonyl (C=O) groups is 1. The molecule has 0 saturated carbocycles. The van der Waals surface area contributed by atoms with E-state index in [1.54, 1.807) is 11.0 Å². The number of fused-ring (bicyclic) bond motifs is 1. The van der Waals surface area contributed by atoms with E-state index in [9.17, 15) is 9.18 Å². The number of aromatic nitrogens is 1. The van der Waals surface area contributed by atoms with Crippen molar-refractivity contribution >= 4 is 5.91 Å². The molecule has 0 unspecified atom stereocenters. The van der Waals surface area contributed by atoms with Crippen LogP contribution >= 0.6 is 0 Å². The van der Waals surface area contributed by atoms with Crippen LogP contribution in [0.5, 0.6) is 0 Å². The summed E-state index contributed by atoms with van der Waals surface area (Å²) in [5, 5.41) is 0. The van der Waals surface area contributed by atoms with Gasteiger partial charge in [0.05, 0.1) is 6.54 Å². The van der Waals surface area contributed by atoms with Crippen molar-refractivity contribution in [3.05, 3.63) is 94.1 Å². The van der Waals surface area contributed by atoms with Gasteiger partial charge in [0.25, 0.3) is 5.91 Å². The Bertz CT molecular complexity index is 1020. The van der Waals surface area contributed by atoms with Crippen molar-refractivity contribution in [2.75, 3.05) is 7.05 Å². The molecule has 150 valence electrons. The highest BCUT2D eigenvalue weighted by Crippen LogP contribution is 2.31. The fraction of sp³-hybridized carbons (Fsp3) is 0.320. The van der Waals surface area contributed by atoms with Crippen molar-refractivity contribution in [2.24, 2.45) is 0 Å². The minimum Gasteiger partial charge on any atom is -0.336 e. The van der Waals surface area contributed by atoms with Crippen LogP contribution in [0.15, 0.2) is 54.6 Å². The van der Waals surface area contributed by atoms with E-state index in [1.165, 1.54) is 17.3 Å². The summed E-state index contributed by atoms with van der Waals surface area (Å²) in [7, 11) is 1.84. The molecule has 1 aromatic heterocycles. The van der Waals surface area contributed by atoms with Crippen molar-refractivity contribution in [3.8, 4) is 0 Å². The second kappa shape index (κ2) is 8.24. The van der Waals surface area contributed by atoms with Crippen molar-refractivity contribution < 1.29 is 9.18 Å². The Balaban J connectivity index is 1.72. The number of hydrogen-bond donors (Lipinski definition) is 0. The van der Waals surface area contributed by atoms with E-state index < -0.39 is 0 Å². The summed E-state index contributed by atoms with van der Waals surface area (Å²) in [6.07, 6.45) is 4.20. The fourth-order valence-corrected chi connectivity index (χ4v) is 4.43. The number of benzene rings is 2. The van der Waals surface area contributed by atoms with E-state index in [-0.39, 0.29) is 11.7 Å². The van der Waals surface area contributed by atoms with E-state index in [0.717, 1.165) is 36.8 Å². The van der Waals surface area contributed by atoms with E-state index in [2.05, 4.69) is 4.57 Å². The van der Waals surface area contributed by atoms with Crippen LogP contribution in [0.3, 0.4) is 0 Å². The quantitative estimate of drug-likeness (QED) is 0.592. The Hall–Kier alpha value is -2.88. The third-order valence-electron chi connectivity index (χ3n) is 5.94. The highest BCUT2D eigenvalue weighted by Gasteiger charge is 2.28. The van der Waals surface area contributed by atoms with Gasteiger partial charge in [0, 0.05) is 24.8 Å². The van der Waals surface area contributed by atoms with E-state index in [0.29, 0.717) is 24.3 Å². The van der Waals surface area contributed by atoms with Crippen LogP contribution in [0.25, 0.3) is 0 Å². The van der Waals surface area contributed by atoms with Crippen LogP contribution in [0.1, 0.15) is 51.3 Å². The molecule has 0 spiro atoms. The molecule has 1 amide bonds. The molecule has 0 saturated heterocycles. The number of carbonyl (C=O) groups excluding carboxylic acids is 1. The molecule has 1 aliphatic carbocycles. The molecular weight excluding hydrogens is 363 g/mol. The van der Waals surface area contributed by atoms with Crippen LogP contribution in [0, 0.1) is 12.7 Å². The summed E-state index contributed by atoms with van der Waals surface area (Å²) in [6, 6.07) is 16.8. The third kappa shape index (κ3) is 3.84. The second-order valence-corrected chi connectivity index (χ2v) is 7.93. The lowest BCUT2D eigenvalue weighted by molar-refractivity contribution is 0.0773. The molecule has 0 N–H and O–H groups in total. The van der Waals surface area contributed by atoms with Gasteiger partial charge in [-0.3, -0.25) is 4.79 Å². The molecule has 2 aromatic carbocycles. The topological polar surface area (TPSA) is 25.2 Å². The van der Waals surface area contributed by atoms with Gasteiger partial charge < -0.3 is 9.47 Å². The molecule has 29 heavy (non-hydrogen) atoms. The zero-order chi connectivity index (χ0) is 20.4. The van der Waals surface area contributed by atoms with Gasteiger partial charge >= 0.3 is 0 Å². The van der Waals surface area contributed by atoms with Crippen LogP contribution in [-0.2, 0) is 25.9 Å². The van der Waals surface area contributed by atoms with Crippen molar-refractivity contribution in [1.29, 1.82) is 0 Å². The number of hydrogen-bond acceptors (Lipinski definition) is 1. The Morgan fingerprint density at radius 3 is 2.48 bits per heavy atom. The number of amides is 1. The van der Waals surface area contributed by atoms with Gasteiger partial charge in [0.1, 0.15) is 11.5 Å². The normalized spacial score (nSPS) is 13.2. The lowest BCUT2D eigenvalue weighted by atomic mass is 9.95. The molecule has 0 atom stereocenters. The first kappa shape index (κ1) is 19.4. The zero-order valence-corrected chi connectivity index (χ0v) is 17.1. The lowest BCUT2D eigenvalue weighted by Crippen LogP contribution is -2.29. The fourth-order valence-electron chi connectivity index (χ4n) is 4.43. The maximum absolute atomic E-state index is 14.4. The molecule has 0 bridgehead atoms. The average Bonchev–Trinajstić information content (AvgIpc) is 3.02. The molecule has 3 nitrogen and oxygen atoms in total. The maximum Gasteiger partial charge on any atom is 0.270 e. The minimum absolute atomic E-state index is 0.00269. The van der Waals surface area contributed by atoms with Gasteiger partial charge in [0.15, 0.2) is 0 Å². The maximum atomic E-state index is 14.4. The Labute approximate surface area is 171 Å². The first-order valence-electron chi connectivity index (χ1n) is 10.3. The summed E-state index contributed by atoms with van der Waals surface area (Å²) in [5.74, 6) is -0.225. The molecule has 0 radical (unpaired) electrons. The molecule has 4 rings (SSSR count). The standard InChI is InChI=1S/C25H27FN2O/c1-18-21-13-7-9-15-23(21)28(17-20-12-6-8-14-22(20)26)24(18)25(29)27(2)16-19-10-4-3-5-11-19/h3-6,8,10-12,14H,7,9,13,15-17H2,1-2H3. The van der Waals surface area contributed by atoms with Crippen LogP contribution in [-0.4, -0.2) is 22.4 Å². The average molecular weight is 391 g/mol. The minimum atomic E-state index is -0.223. The molecule has 1 heterocycles. The lowest BCUT2D eigenvalue weighted by Gasteiger charge is -2.21. The SMILES string of the molecule is Cc1c2c(n(Cc3ccccc3F)c1C(=O)N(C)Cc1ccccc1)CCCC2. The number of nitrogens with zero attached hydrogens (tertiary/aromatic N) is 2. The van der Waals surface area contributed by atoms with Crippen molar-refractivity contribution in [2.45, 2.75) is 45.7 Å². The smallest absolute Gasteiger partial charge is 0.270 e. The summed E-state index contributed by atoms with van der Waals surface area (Å²) in [4.78, 5) is 15.3. The monoisotopic (exact) mass is 390 g/mol. The first-order chi connectivity index (χ1) is 14.1. The first-order valence-corrected chi connectivity index (χ1v) is 10.3. The van der Waals surface area contributed by atoms with Gasteiger partial charge in [-0.25, -0.2) is 4.39 Å². The van der Waals surface area contributed by atoms with Gasteiger partial charge in [0.2, 0.25) is 0 Å². The van der Waals surface area contributed by atoms with Crippen molar-refractivity contribution in [1.82, 2.24) is 9.47 Å². The van der Waals surface area contributed by atoms with E-state index in [1.807, 2.05) is 56.4 Å². The zero-order valence-electron chi connectivity index (χ0n) is 17.1. The summed E-state index contributed by atoms with van der Waals surface area (Å²) in [6.45, 7) is 2.99. The van der Waals surface area contributed by atoms with Crippen LogP contribution in [0.4, 0.5) is 4.39 Å². The highest BCUT2D eigenvalue weighted by atomic mass is 19.1. The molecule has 0 aliphatic heterocycles. The Morgan fingerprint density at radius 1 is 1.03 bits per heavy atom. The van der Waals surface area contributed by atoms with E-state index in [4.69, 9.17) is 0 Å². The molecule has 0 fully saturated rings. The molecular formula is C25H27FN2O. The van der Waals surface area contributed by atoms with Gasteiger partial charge in [-0.05, 0) is 55.4 Å². The second-order valence-electron chi connectivity index (χ2n) is 7.93. The van der Waals surface area contributed by atoms with Crippen LogP contribution in [0.2, 0.25) is 0 Å². The van der Waals surface area contributed by atoms with Gasteiger partial charge in [-0.15, -0.1) is 0 Å². The van der Waals surface area contributed by atoms with Crippen molar-refractivity contribution in [3.63, 3.8) is 0 Å². The molecule has 3 aromatic rings. The predicted molar refractivity (Wildman–Crippen MR) is 114 cm³/mol. The Kier molecular flexibility index (Phi) is 5.52.